The van der Waals surface area contributed by atoms with E-state index in [2.05, 4.69) is 4.84 Å². The zero-order valence-electron chi connectivity index (χ0n) is 7.17. The molecule has 2 nitrogen and oxygen atoms in total. The molecule has 0 aliphatic carbocycles. The van der Waals surface area contributed by atoms with Crippen molar-refractivity contribution in [2.45, 2.75) is 20.0 Å². The van der Waals surface area contributed by atoms with Gasteiger partial charge in [-0.2, -0.15) is 0 Å². The first-order valence-corrected chi connectivity index (χ1v) is 3.76. The highest BCUT2D eigenvalue weighted by Gasteiger charge is 2.05. The number of rotatable bonds is 2. The van der Waals surface area contributed by atoms with Gasteiger partial charge in [-0.3, -0.25) is 4.84 Å². The third-order valence-corrected chi connectivity index (χ3v) is 1.74. The molecule has 0 aromatic heterocycles. The van der Waals surface area contributed by atoms with Gasteiger partial charge in [-0.25, -0.2) is 10.3 Å². The Bertz CT molecular complexity index is 255. The summed E-state index contributed by atoms with van der Waals surface area (Å²) in [4.78, 5) is 4.58. The zero-order chi connectivity index (χ0) is 9.14. The molecule has 0 amide bonds. The molecule has 66 valence electrons. The third-order valence-electron chi connectivity index (χ3n) is 1.74. The first kappa shape index (κ1) is 9.16. The van der Waals surface area contributed by atoms with E-state index < -0.39 is 0 Å². The largest absolute Gasteiger partial charge is 0.297 e. The predicted molar refractivity (Wildman–Crippen MR) is 44.8 cm³/mol. The number of benzene rings is 1. The summed E-state index contributed by atoms with van der Waals surface area (Å²) in [6, 6.07) is 4.73. The molecule has 1 aromatic rings. The van der Waals surface area contributed by atoms with E-state index in [1.165, 1.54) is 12.1 Å². The molecule has 2 N–H and O–H groups in total. The molecule has 0 heterocycles. The second kappa shape index (κ2) is 3.65. The van der Waals surface area contributed by atoms with Crippen molar-refractivity contribution in [3.63, 3.8) is 0 Å². The maximum Gasteiger partial charge on any atom is 0.123 e. The third kappa shape index (κ3) is 2.03. The molecule has 0 spiro atoms. The summed E-state index contributed by atoms with van der Waals surface area (Å²) in [5.41, 5.74) is 1.63. The summed E-state index contributed by atoms with van der Waals surface area (Å²) in [5.74, 6) is 4.73. The lowest BCUT2D eigenvalue weighted by Gasteiger charge is -2.09. The lowest BCUT2D eigenvalue weighted by molar-refractivity contribution is 0.0661. The molecule has 0 bridgehead atoms. The molecule has 3 heteroatoms. The van der Waals surface area contributed by atoms with Crippen molar-refractivity contribution in [2.75, 3.05) is 0 Å². The second-order valence-electron chi connectivity index (χ2n) is 2.84. The number of hydrogen-bond donors (Lipinski definition) is 1. The molecule has 0 fully saturated rings. The van der Waals surface area contributed by atoms with Crippen LogP contribution in [0.4, 0.5) is 4.39 Å². The Morgan fingerprint density at radius 3 is 2.58 bits per heavy atom. The van der Waals surface area contributed by atoms with E-state index in [0.717, 1.165) is 11.1 Å². The number of nitrogens with two attached hydrogens (primary N) is 1. The van der Waals surface area contributed by atoms with Crippen molar-refractivity contribution in [2.24, 2.45) is 5.90 Å². The molecule has 12 heavy (non-hydrogen) atoms. The first-order valence-electron chi connectivity index (χ1n) is 3.76. The summed E-state index contributed by atoms with van der Waals surface area (Å²) in [5, 5.41) is 0. The van der Waals surface area contributed by atoms with Crippen LogP contribution in [0.2, 0.25) is 0 Å². The van der Waals surface area contributed by atoms with Gasteiger partial charge in [0.25, 0.3) is 0 Å². The van der Waals surface area contributed by atoms with Crippen molar-refractivity contribution in [3.8, 4) is 0 Å². The van der Waals surface area contributed by atoms with E-state index in [0.29, 0.717) is 0 Å². The number of halogens is 1. The van der Waals surface area contributed by atoms with Crippen LogP contribution in [-0.4, -0.2) is 0 Å². The van der Waals surface area contributed by atoms with Crippen LogP contribution in [0.5, 0.6) is 0 Å². The van der Waals surface area contributed by atoms with Crippen molar-refractivity contribution in [1.29, 1.82) is 0 Å². The highest BCUT2D eigenvalue weighted by Crippen LogP contribution is 2.17. The minimum Gasteiger partial charge on any atom is -0.297 e. The molecule has 0 radical (unpaired) electrons. The Kier molecular flexibility index (Phi) is 2.78. The standard InChI is InChI=1S/C9H12FNO/c1-6-3-8(7(2)12-11)5-9(10)4-6/h3-5,7H,11H2,1-2H3. The van der Waals surface area contributed by atoms with Gasteiger partial charge in [0, 0.05) is 0 Å². The molecule has 0 aliphatic heterocycles. The van der Waals surface area contributed by atoms with Crippen molar-refractivity contribution < 1.29 is 9.23 Å². The van der Waals surface area contributed by atoms with Gasteiger partial charge in [-0.1, -0.05) is 6.07 Å². The highest BCUT2D eigenvalue weighted by atomic mass is 19.1. The summed E-state index contributed by atoms with van der Waals surface area (Å²) in [6.45, 7) is 3.60. The van der Waals surface area contributed by atoms with Crippen molar-refractivity contribution in [3.05, 3.63) is 35.1 Å². The highest BCUT2D eigenvalue weighted by molar-refractivity contribution is 5.24. The van der Waals surface area contributed by atoms with Crippen LogP contribution in [0.15, 0.2) is 18.2 Å². The lowest BCUT2D eigenvalue weighted by atomic mass is 10.1. The van der Waals surface area contributed by atoms with Crippen LogP contribution in [0, 0.1) is 12.7 Å². The van der Waals surface area contributed by atoms with Gasteiger partial charge in [0.15, 0.2) is 0 Å². The van der Waals surface area contributed by atoms with E-state index in [4.69, 9.17) is 5.90 Å². The minimum absolute atomic E-state index is 0.256. The monoisotopic (exact) mass is 169 g/mol. The lowest BCUT2D eigenvalue weighted by Crippen LogP contribution is -2.05. The van der Waals surface area contributed by atoms with Gasteiger partial charge in [0.2, 0.25) is 0 Å². The van der Waals surface area contributed by atoms with Gasteiger partial charge < -0.3 is 0 Å². The molecule has 1 rings (SSSR count). The molecule has 0 saturated carbocycles. The molecule has 0 saturated heterocycles. The van der Waals surface area contributed by atoms with Crippen LogP contribution >= 0.6 is 0 Å². The van der Waals surface area contributed by atoms with E-state index in [1.807, 2.05) is 13.0 Å². The quantitative estimate of drug-likeness (QED) is 0.688. The van der Waals surface area contributed by atoms with Gasteiger partial charge in [0.1, 0.15) is 11.9 Å². The van der Waals surface area contributed by atoms with Gasteiger partial charge >= 0.3 is 0 Å². The van der Waals surface area contributed by atoms with Crippen LogP contribution < -0.4 is 5.90 Å². The van der Waals surface area contributed by atoms with E-state index in [-0.39, 0.29) is 11.9 Å². The summed E-state index contributed by atoms with van der Waals surface area (Å²) >= 11 is 0. The Labute approximate surface area is 71.1 Å². The normalized spacial score (nSPS) is 13.0. The average Bonchev–Trinajstić information content (AvgIpc) is 2.01. The van der Waals surface area contributed by atoms with Crippen molar-refractivity contribution in [1.82, 2.24) is 0 Å². The summed E-state index contributed by atoms with van der Waals surface area (Å²) < 4.78 is 12.8. The van der Waals surface area contributed by atoms with Gasteiger partial charge in [-0.15, -0.1) is 0 Å². The zero-order valence-corrected chi connectivity index (χ0v) is 7.17. The Morgan fingerprint density at radius 1 is 1.42 bits per heavy atom. The SMILES string of the molecule is Cc1cc(F)cc(C(C)ON)c1. The van der Waals surface area contributed by atoms with Crippen LogP contribution in [0.1, 0.15) is 24.2 Å². The van der Waals surface area contributed by atoms with Crippen molar-refractivity contribution >= 4 is 0 Å². The molecule has 0 aliphatic rings. The summed E-state index contributed by atoms with van der Waals surface area (Å²) in [6.07, 6.45) is -0.264. The molecular formula is C9H12FNO. The van der Waals surface area contributed by atoms with Gasteiger partial charge in [-0.05, 0) is 37.1 Å². The fourth-order valence-electron chi connectivity index (χ4n) is 1.08. The topological polar surface area (TPSA) is 35.2 Å². The van der Waals surface area contributed by atoms with E-state index in [9.17, 15) is 4.39 Å². The smallest absolute Gasteiger partial charge is 0.123 e. The second-order valence-corrected chi connectivity index (χ2v) is 2.84. The summed E-state index contributed by atoms with van der Waals surface area (Å²) in [7, 11) is 0. The molecular weight excluding hydrogens is 157 g/mol. The Hall–Kier alpha value is -0.930. The van der Waals surface area contributed by atoms with E-state index in [1.54, 1.807) is 6.92 Å². The number of aryl methyl sites for hydroxylation is 1. The maximum atomic E-state index is 12.8. The molecule has 1 atom stereocenters. The molecule has 1 unspecified atom stereocenters. The van der Waals surface area contributed by atoms with Crippen LogP contribution in [-0.2, 0) is 4.84 Å². The fourth-order valence-corrected chi connectivity index (χ4v) is 1.08. The Balaban J connectivity index is 3.00. The fraction of sp³-hybridized carbons (Fsp3) is 0.333. The predicted octanol–water partition coefficient (Wildman–Crippen LogP) is 2.09. The molecule has 1 aromatic carbocycles. The Morgan fingerprint density at radius 2 is 2.08 bits per heavy atom. The first-order chi connectivity index (χ1) is 5.63. The van der Waals surface area contributed by atoms with Crippen LogP contribution in [0.25, 0.3) is 0 Å². The van der Waals surface area contributed by atoms with Crippen LogP contribution in [0.3, 0.4) is 0 Å². The average molecular weight is 169 g/mol. The van der Waals surface area contributed by atoms with E-state index >= 15 is 0 Å². The minimum atomic E-state index is -0.264. The maximum absolute atomic E-state index is 12.8. The van der Waals surface area contributed by atoms with Gasteiger partial charge in [0.05, 0.1) is 0 Å². The number of hydrogen-bond acceptors (Lipinski definition) is 2.